The molecule has 8 nitrogen and oxygen atoms in total. The third kappa shape index (κ3) is 2.41. The van der Waals surface area contributed by atoms with E-state index in [-0.39, 0.29) is 12.1 Å². The lowest BCUT2D eigenvalue weighted by Crippen LogP contribution is -2.54. The van der Waals surface area contributed by atoms with E-state index < -0.39 is 17.4 Å². The van der Waals surface area contributed by atoms with Gasteiger partial charge in [0, 0.05) is 13.2 Å². The number of nitrogens with one attached hydrogen (secondary N) is 3. The van der Waals surface area contributed by atoms with Gasteiger partial charge in [0.25, 0.3) is 0 Å². The highest BCUT2D eigenvalue weighted by Crippen LogP contribution is 2.22. The lowest BCUT2D eigenvalue weighted by Gasteiger charge is -2.27. The second-order valence-electron chi connectivity index (χ2n) is 3.34. The molecule has 1 aromatic rings. The summed E-state index contributed by atoms with van der Waals surface area (Å²) in [6.07, 6.45) is 1.45. The molecule has 0 spiro atoms. The summed E-state index contributed by atoms with van der Waals surface area (Å²) in [5, 5.41) is 10.9. The van der Waals surface area contributed by atoms with Crippen molar-refractivity contribution in [2.45, 2.75) is 12.0 Å². The quantitative estimate of drug-likeness (QED) is 0.426. The molecule has 1 unspecified atom stereocenters. The van der Waals surface area contributed by atoms with Crippen LogP contribution in [0, 0.1) is 0 Å². The molecule has 92 valence electrons. The van der Waals surface area contributed by atoms with E-state index in [1.54, 1.807) is 0 Å². The molecule has 0 radical (unpaired) electrons. The van der Waals surface area contributed by atoms with E-state index in [0.29, 0.717) is 6.41 Å². The Bertz CT molecular complexity index is 416. The molecular formula is C9H13N5O3. The monoisotopic (exact) mass is 239 g/mol. The first-order valence-corrected chi connectivity index (χ1v) is 4.79. The van der Waals surface area contributed by atoms with Gasteiger partial charge in [-0.3, -0.25) is 19.5 Å². The highest BCUT2D eigenvalue weighted by atomic mass is 16.2. The summed E-state index contributed by atoms with van der Waals surface area (Å²) in [5.41, 5.74) is 3.80. The van der Waals surface area contributed by atoms with Crippen LogP contribution in [0.3, 0.4) is 0 Å². The molecule has 0 aliphatic carbocycles. The van der Waals surface area contributed by atoms with Gasteiger partial charge in [0.2, 0.25) is 18.2 Å². The Hall–Kier alpha value is -2.38. The predicted molar refractivity (Wildman–Crippen MR) is 57.3 cm³/mol. The predicted octanol–water partition coefficient (Wildman–Crippen LogP) is -2.03. The van der Waals surface area contributed by atoms with E-state index in [0.717, 1.165) is 0 Å². The molecule has 0 fully saturated rings. The van der Waals surface area contributed by atoms with Gasteiger partial charge in [-0.05, 0) is 6.07 Å². The van der Waals surface area contributed by atoms with Crippen molar-refractivity contribution < 1.29 is 14.4 Å². The standard InChI is InChI=1S/C9H13N5O3/c1-11-7(16)4-9(8(10)17,12-5-15)6-2-3-13-14-6/h2-3,5H,4H2,1H3,(H2,10,17)(H,11,16)(H,12,15)(H,13,14). The first-order chi connectivity index (χ1) is 8.06. The fourth-order valence-electron chi connectivity index (χ4n) is 1.43. The number of carbonyl (C=O) groups excluding carboxylic acids is 3. The molecule has 17 heavy (non-hydrogen) atoms. The van der Waals surface area contributed by atoms with Crippen molar-refractivity contribution in [3.8, 4) is 0 Å². The molecule has 3 amide bonds. The molecule has 5 N–H and O–H groups in total. The number of carbonyl (C=O) groups is 3. The zero-order valence-electron chi connectivity index (χ0n) is 9.19. The third-order valence-electron chi connectivity index (χ3n) is 2.37. The Morgan fingerprint density at radius 1 is 1.65 bits per heavy atom. The summed E-state index contributed by atoms with van der Waals surface area (Å²) in [6, 6.07) is 1.46. The number of aromatic amines is 1. The molecule has 0 aliphatic rings. The number of H-pyrrole nitrogens is 1. The minimum absolute atomic E-state index is 0.181. The largest absolute Gasteiger partial charge is 0.367 e. The maximum absolute atomic E-state index is 11.5. The number of nitrogens with zero attached hydrogens (tertiary/aromatic N) is 1. The van der Waals surface area contributed by atoms with Gasteiger partial charge >= 0.3 is 0 Å². The number of aromatic nitrogens is 2. The van der Waals surface area contributed by atoms with E-state index in [4.69, 9.17) is 5.73 Å². The summed E-state index contributed by atoms with van der Waals surface area (Å²) in [6.45, 7) is 0. The average Bonchev–Trinajstić information content (AvgIpc) is 2.81. The van der Waals surface area contributed by atoms with Crippen LogP contribution in [0.5, 0.6) is 0 Å². The van der Waals surface area contributed by atoms with Gasteiger partial charge in [0.05, 0.1) is 12.1 Å². The van der Waals surface area contributed by atoms with Gasteiger partial charge in [-0.2, -0.15) is 5.10 Å². The number of nitrogens with two attached hydrogens (primary N) is 1. The lowest BCUT2D eigenvalue weighted by molar-refractivity contribution is -0.133. The van der Waals surface area contributed by atoms with Gasteiger partial charge in [-0.15, -0.1) is 0 Å². The number of hydrogen-bond donors (Lipinski definition) is 4. The van der Waals surface area contributed by atoms with Crippen LogP contribution in [0.15, 0.2) is 12.3 Å². The Balaban J connectivity index is 3.17. The second kappa shape index (κ2) is 5.10. The Labute approximate surface area is 96.9 Å². The average molecular weight is 239 g/mol. The van der Waals surface area contributed by atoms with Crippen LogP contribution >= 0.6 is 0 Å². The van der Waals surface area contributed by atoms with Crippen molar-refractivity contribution in [2.24, 2.45) is 5.73 Å². The van der Waals surface area contributed by atoms with Crippen molar-refractivity contribution in [1.82, 2.24) is 20.8 Å². The van der Waals surface area contributed by atoms with Gasteiger partial charge in [0.1, 0.15) is 0 Å². The number of rotatable bonds is 6. The first-order valence-electron chi connectivity index (χ1n) is 4.79. The summed E-state index contributed by atoms with van der Waals surface area (Å²) < 4.78 is 0. The van der Waals surface area contributed by atoms with Crippen LogP contribution in [-0.4, -0.2) is 35.5 Å². The Morgan fingerprint density at radius 3 is 2.76 bits per heavy atom. The molecule has 0 aliphatic heterocycles. The molecule has 1 aromatic heterocycles. The maximum atomic E-state index is 11.5. The van der Waals surface area contributed by atoms with Crippen molar-refractivity contribution in [3.63, 3.8) is 0 Å². The first kappa shape index (κ1) is 12.7. The van der Waals surface area contributed by atoms with E-state index in [2.05, 4.69) is 20.8 Å². The summed E-state index contributed by atoms with van der Waals surface area (Å²) >= 11 is 0. The fourth-order valence-corrected chi connectivity index (χ4v) is 1.43. The number of amides is 3. The second-order valence-corrected chi connectivity index (χ2v) is 3.34. The van der Waals surface area contributed by atoms with E-state index in [9.17, 15) is 14.4 Å². The molecule has 0 bridgehead atoms. The van der Waals surface area contributed by atoms with Crippen LogP contribution in [0.2, 0.25) is 0 Å². The Kier molecular flexibility index (Phi) is 3.81. The molecule has 0 aromatic carbocycles. The molecule has 1 heterocycles. The SMILES string of the molecule is CNC(=O)CC(NC=O)(C(N)=O)c1cc[nH]n1. The van der Waals surface area contributed by atoms with Gasteiger partial charge in [-0.1, -0.05) is 0 Å². The Morgan fingerprint density at radius 2 is 2.35 bits per heavy atom. The molecule has 0 saturated heterocycles. The minimum atomic E-state index is -1.64. The zero-order valence-corrected chi connectivity index (χ0v) is 9.19. The smallest absolute Gasteiger partial charge is 0.250 e. The minimum Gasteiger partial charge on any atom is -0.367 e. The molecule has 0 saturated carbocycles. The van der Waals surface area contributed by atoms with Crippen LogP contribution in [0.4, 0.5) is 0 Å². The van der Waals surface area contributed by atoms with Gasteiger partial charge in [-0.25, -0.2) is 0 Å². The number of hydrogen-bond acceptors (Lipinski definition) is 4. The lowest BCUT2D eigenvalue weighted by atomic mass is 9.90. The highest BCUT2D eigenvalue weighted by Gasteiger charge is 2.42. The molecule has 1 rings (SSSR count). The van der Waals surface area contributed by atoms with E-state index in [1.807, 2.05) is 0 Å². The van der Waals surface area contributed by atoms with E-state index >= 15 is 0 Å². The zero-order chi connectivity index (χ0) is 12.9. The van der Waals surface area contributed by atoms with Crippen LogP contribution in [-0.2, 0) is 19.9 Å². The highest BCUT2D eigenvalue weighted by molar-refractivity contribution is 5.93. The van der Waals surface area contributed by atoms with Crippen molar-refractivity contribution in [3.05, 3.63) is 18.0 Å². The summed E-state index contributed by atoms with van der Waals surface area (Å²) in [4.78, 5) is 33.5. The van der Waals surface area contributed by atoms with Crippen molar-refractivity contribution in [1.29, 1.82) is 0 Å². The fraction of sp³-hybridized carbons (Fsp3) is 0.333. The maximum Gasteiger partial charge on any atom is 0.250 e. The normalized spacial score (nSPS) is 13.5. The summed E-state index contributed by atoms with van der Waals surface area (Å²) in [5.74, 6) is -1.30. The number of primary amides is 1. The van der Waals surface area contributed by atoms with Crippen LogP contribution in [0.1, 0.15) is 12.1 Å². The van der Waals surface area contributed by atoms with E-state index in [1.165, 1.54) is 19.3 Å². The summed E-state index contributed by atoms with van der Waals surface area (Å²) in [7, 11) is 1.42. The van der Waals surface area contributed by atoms with Gasteiger partial charge in [0.15, 0.2) is 5.54 Å². The van der Waals surface area contributed by atoms with Gasteiger partial charge < -0.3 is 16.4 Å². The van der Waals surface area contributed by atoms with Crippen LogP contribution < -0.4 is 16.4 Å². The van der Waals surface area contributed by atoms with Crippen LogP contribution in [0.25, 0.3) is 0 Å². The molecular weight excluding hydrogens is 226 g/mol. The molecule has 1 atom stereocenters. The van der Waals surface area contributed by atoms with Crippen molar-refractivity contribution in [2.75, 3.05) is 7.05 Å². The van der Waals surface area contributed by atoms with Crippen molar-refractivity contribution >= 4 is 18.2 Å². The molecule has 8 heteroatoms. The third-order valence-corrected chi connectivity index (χ3v) is 2.37. The topological polar surface area (TPSA) is 130 Å².